The van der Waals surface area contributed by atoms with Gasteiger partial charge in [-0.2, -0.15) is 4.31 Å². The lowest BCUT2D eigenvalue weighted by Gasteiger charge is -2.48. The third-order valence-corrected chi connectivity index (χ3v) is 8.62. The van der Waals surface area contributed by atoms with Crippen LogP contribution in [0.2, 0.25) is 0 Å². The molecule has 6 nitrogen and oxygen atoms in total. The van der Waals surface area contributed by atoms with Crippen LogP contribution >= 0.6 is 0 Å². The van der Waals surface area contributed by atoms with Crippen LogP contribution in [0.1, 0.15) is 25.7 Å². The lowest BCUT2D eigenvalue weighted by Crippen LogP contribution is -2.70. The Kier molecular flexibility index (Phi) is 3.02. The van der Waals surface area contributed by atoms with Crippen LogP contribution in [0.5, 0.6) is 0 Å². The maximum absolute atomic E-state index is 12.4. The molecule has 8 heteroatoms. The number of nitrogens with two attached hydrogens (primary N) is 1. The molecule has 2 N–H and O–H groups in total. The number of sulfonamides is 1. The van der Waals surface area contributed by atoms with E-state index in [0.717, 1.165) is 12.8 Å². The summed E-state index contributed by atoms with van der Waals surface area (Å²) in [6.07, 6.45) is 2.66. The second kappa shape index (κ2) is 4.16. The predicted molar refractivity (Wildman–Crippen MR) is 71.8 cm³/mol. The second-order valence-electron chi connectivity index (χ2n) is 6.17. The number of hydrogen-bond acceptors (Lipinski definition) is 5. The van der Waals surface area contributed by atoms with E-state index < -0.39 is 25.1 Å². The van der Waals surface area contributed by atoms with Gasteiger partial charge in [0, 0.05) is 18.6 Å². The van der Waals surface area contributed by atoms with Crippen molar-refractivity contribution in [2.24, 2.45) is 11.7 Å². The molecule has 1 aliphatic carbocycles. The fourth-order valence-corrected chi connectivity index (χ4v) is 6.97. The molecule has 0 unspecified atom stereocenters. The van der Waals surface area contributed by atoms with E-state index in [0.29, 0.717) is 19.0 Å². The van der Waals surface area contributed by atoms with Crippen molar-refractivity contribution in [3.05, 3.63) is 0 Å². The van der Waals surface area contributed by atoms with Gasteiger partial charge in [-0.15, -0.1) is 0 Å². The highest BCUT2D eigenvalue weighted by atomic mass is 32.2. The summed E-state index contributed by atoms with van der Waals surface area (Å²) in [6, 6.07) is 0. The first-order chi connectivity index (χ1) is 8.73. The Labute approximate surface area is 114 Å². The highest BCUT2D eigenvalue weighted by molar-refractivity contribution is 7.92. The Morgan fingerprint density at radius 3 is 2.05 bits per heavy atom. The van der Waals surface area contributed by atoms with Crippen LogP contribution in [-0.2, 0) is 19.9 Å². The van der Waals surface area contributed by atoms with Gasteiger partial charge < -0.3 is 5.73 Å². The van der Waals surface area contributed by atoms with E-state index in [4.69, 9.17) is 5.73 Å². The average Bonchev–Trinajstić information content (AvgIpc) is 3.08. The summed E-state index contributed by atoms with van der Waals surface area (Å²) in [5.74, 6) is 0.452. The van der Waals surface area contributed by atoms with Crippen molar-refractivity contribution >= 4 is 19.9 Å². The molecule has 0 atom stereocenters. The Morgan fingerprint density at radius 1 is 1.05 bits per heavy atom. The third kappa shape index (κ3) is 2.43. The molecular weight excluding hydrogens is 288 g/mol. The molecule has 3 rings (SSSR count). The lowest BCUT2D eigenvalue weighted by atomic mass is 9.88. The van der Waals surface area contributed by atoms with Crippen LogP contribution in [0.4, 0.5) is 0 Å². The maximum atomic E-state index is 12.4. The molecule has 0 aromatic carbocycles. The van der Waals surface area contributed by atoms with E-state index in [1.54, 1.807) is 0 Å². The van der Waals surface area contributed by atoms with Crippen molar-refractivity contribution in [2.75, 3.05) is 24.6 Å². The molecule has 0 radical (unpaired) electrons. The van der Waals surface area contributed by atoms with Crippen LogP contribution in [0.15, 0.2) is 0 Å². The van der Waals surface area contributed by atoms with E-state index in [2.05, 4.69) is 0 Å². The molecule has 1 saturated carbocycles. The van der Waals surface area contributed by atoms with Gasteiger partial charge >= 0.3 is 0 Å². The number of sulfone groups is 1. The summed E-state index contributed by atoms with van der Waals surface area (Å²) in [7, 11) is -6.39. The van der Waals surface area contributed by atoms with Gasteiger partial charge in [-0.25, -0.2) is 16.8 Å². The van der Waals surface area contributed by atoms with Crippen molar-refractivity contribution in [3.8, 4) is 0 Å². The van der Waals surface area contributed by atoms with Crippen molar-refractivity contribution in [1.29, 1.82) is 0 Å². The fourth-order valence-electron chi connectivity index (χ4n) is 3.08. The molecule has 3 fully saturated rings. The molecule has 0 aromatic rings. The van der Waals surface area contributed by atoms with E-state index in [1.165, 1.54) is 4.31 Å². The van der Waals surface area contributed by atoms with Crippen LogP contribution < -0.4 is 5.73 Å². The normalized spacial score (nSPS) is 31.8. The average molecular weight is 308 g/mol. The Morgan fingerprint density at radius 2 is 1.58 bits per heavy atom. The first kappa shape index (κ1) is 13.8. The molecule has 0 spiro atoms. The minimum absolute atomic E-state index is 0.0128. The SMILES string of the molecule is NC1(C2CC2)CN(S(=O)(=O)C2CCS(=O)(=O)CC2)C1. The van der Waals surface area contributed by atoms with Gasteiger partial charge in [0.2, 0.25) is 10.0 Å². The fraction of sp³-hybridized carbons (Fsp3) is 1.00. The van der Waals surface area contributed by atoms with Crippen molar-refractivity contribution in [3.63, 3.8) is 0 Å². The van der Waals surface area contributed by atoms with Crippen LogP contribution in [-0.4, -0.2) is 56.5 Å². The zero-order valence-electron chi connectivity index (χ0n) is 10.8. The van der Waals surface area contributed by atoms with Gasteiger partial charge in [0.25, 0.3) is 0 Å². The van der Waals surface area contributed by atoms with Gasteiger partial charge in [-0.3, -0.25) is 0 Å². The minimum atomic E-state index is -3.36. The van der Waals surface area contributed by atoms with E-state index in [9.17, 15) is 16.8 Å². The predicted octanol–water partition coefficient (Wildman–Crippen LogP) is -0.683. The Hall–Kier alpha value is -0.180. The second-order valence-corrected chi connectivity index (χ2v) is 10.7. The Bertz CT molecular complexity index is 560. The largest absolute Gasteiger partial charge is 0.323 e. The van der Waals surface area contributed by atoms with Gasteiger partial charge in [-0.1, -0.05) is 0 Å². The van der Waals surface area contributed by atoms with Crippen molar-refractivity contribution in [2.45, 2.75) is 36.5 Å². The molecule has 3 aliphatic rings. The molecule has 0 amide bonds. The van der Waals surface area contributed by atoms with Crippen LogP contribution in [0.25, 0.3) is 0 Å². The van der Waals surface area contributed by atoms with E-state index in [1.807, 2.05) is 0 Å². The van der Waals surface area contributed by atoms with Crippen molar-refractivity contribution < 1.29 is 16.8 Å². The van der Waals surface area contributed by atoms with Gasteiger partial charge in [0.05, 0.1) is 16.8 Å². The van der Waals surface area contributed by atoms with E-state index in [-0.39, 0.29) is 29.9 Å². The van der Waals surface area contributed by atoms with Gasteiger partial charge in [0.1, 0.15) is 9.84 Å². The summed E-state index contributed by atoms with van der Waals surface area (Å²) >= 11 is 0. The third-order valence-electron chi connectivity index (χ3n) is 4.61. The quantitative estimate of drug-likeness (QED) is 0.745. The molecule has 0 aromatic heterocycles. The van der Waals surface area contributed by atoms with Crippen LogP contribution in [0, 0.1) is 5.92 Å². The molecule has 2 aliphatic heterocycles. The van der Waals surface area contributed by atoms with Crippen LogP contribution in [0.3, 0.4) is 0 Å². The topological polar surface area (TPSA) is 97.5 Å². The Balaban J connectivity index is 1.65. The van der Waals surface area contributed by atoms with E-state index >= 15 is 0 Å². The maximum Gasteiger partial charge on any atom is 0.217 e. The summed E-state index contributed by atoms with van der Waals surface area (Å²) in [5.41, 5.74) is 5.84. The first-order valence-electron chi connectivity index (χ1n) is 6.71. The minimum Gasteiger partial charge on any atom is -0.323 e. The smallest absolute Gasteiger partial charge is 0.217 e. The van der Waals surface area contributed by atoms with Gasteiger partial charge in [-0.05, 0) is 31.6 Å². The number of nitrogens with zero attached hydrogens (tertiary/aromatic N) is 1. The highest BCUT2D eigenvalue weighted by Crippen LogP contribution is 2.44. The molecular formula is C11H20N2O4S2. The number of rotatable bonds is 3. The summed E-state index contributed by atoms with van der Waals surface area (Å²) in [6.45, 7) is 0.812. The highest BCUT2D eigenvalue weighted by Gasteiger charge is 2.54. The summed E-state index contributed by atoms with van der Waals surface area (Å²) < 4.78 is 48.9. The first-order valence-corrected chi connectivity index (χ1v) is 10.0. The monoisotopic (exact) mass is 308 g/mol. The standard InChI is InChI=1S/C11H20N2O4S2/c12-11(9-1-2-9)7-13(8-11)19(16,17)10-3-5-18(14,15)6-4-10/h9-10H,1-8,12H2. The molecule has 2 saturated heterocycles. The summed E-state index contributed by atoms with van der Waals surface area (Å²) in [4.78, 5) is 0. The van der Waals surface area contributed by atoms with Crippen molar-refractivity contribution in [1.82, 2.24) is 4.31 Å². The number of hydrogen-bond donors (Lipinski definition) is 1. The molecule has 19 heavy (non-hydrogen) atoms. The van der Waals surface area contributed by atoms with Gasteiger partial charge in [0.15, 0.2) is 0 Å². The molecule has 110 valence electrons. The summed E-state index contributed by atoms with van der Waals surface area (Å²) in [5, 5.41) is -0.542. The zero-order valence-corrected chi connectivity index (χ0v) is 12.4. The molecule has 0 bridgehead atoms. The lowest BCUT2D eigenvalue weighted by molar-refractivity contribution is 0.133. The zero-order chi connectivity index (χ0) is 13.9. The molecule has 2 heterocycles.